The van der Waals surface area contributed by atoms with Crippen LogP contribution in [0, 0.1) is 0 Å². The van der Waals surface area contributed by atoms with Gasteiger partial charge in [0.1, 0.15) is 0 Å². The van der Waals surface area contributed by atoms with Crippen LogP contribution in [-0.4, -0.2) is 51.8 Å². The van der Waals surface area contributed by atoms with Gasteiger partial charge in [-0.15, -0.1) is 0 Å². The third-order valence-corrected chi connectivity index (χ3v) is 6.43. The summed E-state index contributed by atoms with van der Waals surface area (Å²) >= 11 is 0. The van der Waals surface area contributed by atoms with Gasteiger partial charge in [-0.25, -0.2) is 0 Å². The van der Waals surface area contributed by atoms with E-state index in [0.29, 0.717) is 53.2 Å². The van der Waals surface area contributed by atoms with E-state index in [1.165, 1.54) is 21.3 Å². The Bertz CT molecular complexity index is 1300. The third kappa shape index (κ3) is 5.32. The van der Waals surface area contributed by atoms with E-state index in [0.717, 1.165) is 11.1 Å². The summed E-state index contributed by atoms with van der Waals surface area (Å²) in [7, 11) is 6.09. The fourth-order valence-electron chi connectivity index (χ4n) is 4.64. The summed E-state index contributed by atoms with van der Waals surface area (Å²) in [6.45, 7) is 2.77. The molecule has 0 saturated heterocycles. The van der Waals surface area contributed by atoms with Crippen molar-refractivity contribution in [3.05, 3.63) is 71.3 Å². The highest BCUT2D eigenvalue weighted by molar-refractivity contribution is 5.99. The summed E-state index contributed by atoms with van der Waals surface area (Å²) in [4.78, 5) is 28.5. The van der Waals surface area contributed by atoms with Crippen LogP contribution in [0.2, 0.25) is 0 Å². The number of fused-ring (bicyclic) bond motifs is 1. The van der Waals surface area contributed by atoms with Crippen LogP contribution >= 0.6 is 0 Å². The SMILES string of the molecule is CCOc1ccc([C@@H](CC(=O)Nc2cc(OC)c(OC)c(OC)c2)N2Cc3ccccc3C2=O)cc1OC. The van der Waals surface area contributed by atoms with Gasteiger partial charge in [-0.2, -0.15) is 0 Å². The predicted molar refractivity (Wildman–Crippen MR) is 143 cm³/mol. The molecule has 3 aromatic carbocycles. The second kappa shape index (κ2) is 11.8. The summed E-state index contributed by atoms with van der Waals surface area (Å²) in [5.74, 6) is 1.96. The first kappa shape index (κ1) is 26.7. The molecule has 0 radical (unpaired) electrons. The van der Waals surface area contributed by atoms with Crippen molar-refractivity contribution in [1.82, 2.24) is 4.90 Å². The molecule has 1 aliphatic heterocycles. The summed E-state index contributed by atoms with van der Waals surface area (Å²) in [5, 5.41) is 2.91. The van der Waals surface area contributed by atoms with E-state index in [9.17, 15) is 9.59 Å². The molecule has 3 aromatic rings. The van der Waals surface area contributed by atoms with Crippen LogP contribution in [0.5, 0.6) is 28.7 Å². The first-order valence-electron chi connectivity index (χ1n) is 12.2. The number of carbonyl (C=O) groups excluding carboxylic acids is 2. The standard InChI is InChI=1S/C29H32N2O7/c1-6-38-23-12-11-18(13-24(23)34-2)22(31-17-19-9-7-8-10-21(19)29(31)33)16-27(32)30-20-14-25(35-3)28(37-5)26(15-20)36-4/h7-15,22H,6,16-17H2,1-5H3,(H,30,32)/t22-/m1/s1. The van der Waals surface area contributed by atoms with Crippen molar-refractivity contribution in [2.24, 2.45) is 0 Å². The van der Waals surface area contributed by atoms with Gasteiger partial charge in [-0.1, -0.05) is 24.3 Å². The van der Waals surface area contributed by atoms with Gasteiger partial charge in [0.15, 0.2) is 23.0 Å². The quantitative estimate of drug-likeness (QED) is 0.386. The van der Waals surface area contributed by atoms with Crippen molar-refractivity contribution in [1.29, 1.82) is 0 Å². The van der Waals surface area contributed by atoms with Gasteiger partial charge in [-0.3, -0.25) is 9.59 Å². The average Bonchev–Trinajstić information content (AvgIpc) is 3.27. The van der Waals surface area contributed by atoms with Gasteiger partial charge in [-0.05, 0) is 36.2 Å². The van der Waals surface area contributed by atoms with Crippen LogP contribution < -0.4 is 29.0 Å². The Labute approximate surface area is 222 Å². The molecule has 9 nitrogen and oxygen atoms in total. The Morgan fingerprint density at radius 1 is 0.895 bits per heavy atom. The van der Waals surface area contributed by atoms with Gasteiger partial charge in [0.25, 0.3) is 5.91 Å². The highest BCUT2D eigenvalue weighted by Gasteiger charge is 2.35. The van der Waals surface area contributed by atoms with E-state index in [1.807, 2.05) is 43.3 Å². The van der Waals surface area contributed by atoms with Gasteiger partial charge in [0.05, 0.1) is 47.5 Å². The van der Waals surface area contributed by atoms with Crippen LogP contribution in [0.1, 0.15) is 40.9 Å². The van der Waals surface area contributed by atoms with Gasteiger partial charge < -0.3 is 33.9 Å². The Morgan fingerprint density at radius 3 is 2.18 bits per heavy atom. The van der Waals surface area contributed by atoms with Crippen LogP contribution in [0.4, 0.5) is 5.69 Å². The van der Waals surface area contributed by atoms with Crippen LogP contribution in [0.3, 0.4) is 0 Å². The van der Waals surface area contributed by atoms with Crippen molar-refractivity contribution < 1.29 is 33.3 Å². The van der Waals surface area contributed by atoms with Crippen molar-refractivity contribution in [2.45, 2.75) is 25.9 Å². The van der Waals surface area contributed by atoms with Crippen molar-refractivity contribution in [3.63, 3.8) is 0 Å². The number of benzene rings is 3. The number of hydrogen-bond donors (Lipinski definition) is 1. The first-order chi connectivity index (χ1) is 18.4. The van der Waals surface area contributed by atoms with Crippen molar-refractivity contribution >= 4 is 17.5 Å². The Balaban J connectivity index is 1.66. The molecule has 200 valence electrons. The van der Waals surface area contributed by atoms with E-state index in [1.54, 1.807) is 30.2 Å². The molecule has 1 heterocycles. The molecule has 0 aliphatic carbocycles. The van der Waals surface area contributed by atoms with Crippen molar-refractivity contribution in [3.8, 4) is 28.7 Å². The topological polar surface area (TPSA) is 95.6 Å². The lowest BCUT2D eigenvalue weighted by atomic mass is 10.0. The summed E-state index contributed by atoms with van der Waals surface area (Å²) in [6.07, 6.45) is 0.00746. The van der Waals surface area contributed by atoms with E-state index >= 15 is 0 Å². The average molecular weight is 521 g/mol. The molecule has 1 N–H and O–H groups in total. The lowest BCUT2D eigenvalue weighted by Gasteiger charge is -2.28. The minimum atomic E-state index is -0.554. The summed E-state index contributed by atoms with van der Waals surface area (Å²) in [6, 6.07) is 15.7. The minimum absolute atomic E-state index is 0.00746. The zero-order valence-corrected chi connectivity index (χ0v) is 22.2. The first-order valence-corrected chi connectivity index (χ1v) is 12.2. The number of hydrogen-bond acceptors (Lipinski definition) is 7. The van der Waals surface area contributed by atoms with Gasteiger partial charge in [0, 0.05) is 29.9 Å². The number of nitrogens with one attached hydrogen (secondary N) is 1. The van der Waals surface area contributed by atoms with Gasteiger partial charge >= 0.3 is 0 Å². The minimum Gasteiger partial charge on any atom is -0.493 e. The van der Waals surface area contributed by atoms with Crippen LogP contribution in [0.25, 0.3) is 0 Å². The predicted octanol–water partition coefficient (Wildman–Crippen LogP) is 4.85. The molecule has 0 bridgehead atoms. The third-order valence-electron chi connectivity index (χ3n) is 6.43. The highest BCUT2D eigenvalue weighted by Crippen LogP contribution is 2.41. The second-order valence-electron chi connectivity index (χ2n) is 8.62. The number of carbonyl (C=O) groups is 2. The maximum absolute atomic E-state index is 13.4. The lowest BCUT2D eigenvalue weighted by molar-refractivity contribution is -0.117. The number of rotatable bonds is 11. The molecule has 0 fully saturated rings. The Kier molecular flexibility index (Phi) is 8.25. The second-order valence-corrected chi connectivity index (χ2v) is 8.62. The monoisotopic (exact) mass is 520 g/mol. The fourth-order valence-corrected chi connectivity index (χ4v) is 4.64. The molecule has 0 spiro atoms. The maximum Gasteiger partial charge on any atom is 0.255 e. The number of ether oxygens (including phenoxy) is 5. The van der Waals surface area contributed by atoms with Crippen LogP contribution in [-0.2, 0) is 11.3 Å². The van der Waals surface area contributed by atoms with E-state index < -0.39 is 6.04 Å². The molecule has 0 saturated carbocycles. The number of nitrogens with zero attached hydrogens (tertiary/aromatic N) is 1. The molecule has 1 atom stereocenters. The number of methoxy groups -OCH3 is 4. The molecule has 4 rings (SSSR count). The molecule has 0 unspecified atom stereocenters. The summed E-state index contributed by atoms with van der Waals surface area (Å²) < 4.78 is 27.4. The van der Waals surface area contributed by atoms with E-state index in [2.05, 4.69) is 5.32 Å². The molecule has 2 amide bonds. The molecule has 9 heteroatoms. The number of amides is 2. The molecule has 1 aliphatic rings. The van der Waals surface area contributed by atoms with E-state index in [-0.39, 0.29) is 18.2 Å². The molecular weight excluding hydrogens is 488 g/mol. The summed E-state index contributed by atoms with van der Waals surface area (Å²) in [5.41, 5.74) is 2.79. The smallest absolute Gasteiger partial charge is 0.255 e. The Morgan fingerprint density at radius 2 is 1.58 bits per heavy atom. The molecule has 0 aromatic heterocycles. The zero-order chi connectivity index (χ0) is 27.2. The zero-order valence-electron chi connectivity index (χ0n) is 22.2. The largest absolute Gasteiger partial charge is 0.493 e. The van der Waals surface area contributed by atoms with Crippen molar-refractivity contribution in [2.75, 3.05) is 40.4 Å². The highest BCUT2D eigenvalue weighted by atomic mass is 16.5. The van der Waals surface area contributed by atoms with E-state index in [4.69, 9.17) is 23.7 Å². The number of anilines is 1. The Hall–Kier alpha value is -4.40. The van der Waals surface area contributed by atoms with Crippen LogP contribution in [0.15, 0.2) is 54.6 Å². The molecular formula is C29H32N2O7. The normalized spacial score (nSPS) is 13.0. The fraction of sp³-hybridized carbons (Fsp3) is 0.310. The molecule has 38 heavy (non-hydrogen) atoms. The lowest BCUT2D eigenvalue weighted by Crippen LogP contribution is -2.32. The van der Waals surface area contributed by atoms with Gasteiger partial charge in [0.2, 0.25) is 11.7 Å². The maximum atomic E-state index is 13.4.